The molecule has 1 rings (SSSR count). The first kappa shape index (κ1) is 10.9. The van der Waals surface area contributed by atoms with E-state index in [4.69, 9.17) is 0 Å². The van der Waals surface area contributed by atoms with Crippen LogP contribution in [0.5, 0.6) is 0 Å². The molecule has 76 valence electrons. The Bertz CT molecular complexity index is 310. The Kier molecular flexibility index (Phi) is 3.36. The zero-order valence-corrected chi connectivity index (χ0v) is 8.87. The molecule has 3 heteroatoms. The number of nitrogens with zero attached hydrogens (tertiary/aromatic N) is 1. The lowest BCUT2D eigenvalue weighted by Crippen LogP contribution is -2.48. The molecular formula is C11H16N2O. The molecule has 1 heterocycles. The summed E-state index contributed by atoms with van der Waals surface area (Å²) in [7, 11) is 1.81. The lowest BCUT2D eigenvalue weighted by molar-refractivity contribution is -0.122. The van der Waals surface area contributed by atoms with E-state index in [2.05, 4.69) is 10.3 Å². The summed E-state index contributed by atoms with van der Waals surface area (Å²) in [4.78, 5) is 15.4. The summed E-state index contributed by atoms with van der Waals surface area (Å²) in [5, 5.41) is 3.06. The molecule has 0 spiro atoms. The van der Waals surface area contributed by atoms with E-state index in [0.717, 1.165) is 5.56 Å². The van der Waals surface area contributed by atoms with Gasteiger partial charge in [-0.15, -0.1) is 0 Å². The fourth-order valence-electron chi connectivity index (χ4n) is 1.30. The van der Waals surface area contributed by atoms with Crippen molar-refractivity contribution in [3.8, 4) is 0 Å². The SMILES string of the molecule is CN[C@](C)(Cc1ccncc1)C(C)=O. The molecule has 0 saturated heterocycles. The van der Waals surface area contributed by atoms with Crippen LogP contribution in [0.1, 0.15) is 19.4 Å². The number of Topliss-reactive ketones (excluding diaryl/α,β-unsaturated/α-hetero) is 1. The molecule has 0 bridgehead atoms. The van der Waals surface area contributed by atoms with Crippen molar-refractivity contribution in [2.24, 2.45) is 0 Å². The van der Waals surface area contributed by atoms with E-state index in [1.54, 1.807) is 19.3 Å². The zero-order valence-electron chi connectivity index (χ0n) is 8.87. The van der Waals surface area contributed by atoms with Gasteiger partial charge in [0.25, 0.3) is 0 Å². The highest BCUT2D eigenvalue weighted by molar-refractivity contribution is 5.85. The minimum Gasteiger partial charge on any atom is -0.308 e. The number of pyridine rings is 1. The van der Waals surface area contributed by atoms with Crippen LogP contribution in [-0.4, -0.2) is 23.4 Å². The van der Waals surface area contributed by atoms with Gasteiger partial charge < -0.3 is 5.32 Å². The molecule has 0 aliphatic heterocycles. The first-order valence-electron chi connectivity index (χ1n) is 4.67. The van der Waals surface area contributed by atoms with Gasteiger partial charge in [-0.3, -0.25) is 9.78 Å². The van der Waals surface area contributed by atoms with Gasteiger partial charge in [-0.25, -0.2) is 0 Å². The molecule has 14 heavy (non-hydrogen) atoms. The number of likely N-dealkylation sites (N-methyl/N-ethyl adjacent to an activating group) is 1. The Morgan fingerprint density at radius 2 is 2.07 bits per heavy atom. The fraction of sp³-hybridized carbons (Fsp3) is 0.455. The van der Waals surface area contributed by atoms with Crippen molar-refractivity contribution in [1.82, 2.24) is 10.3 Å². The summed E-state index contributed by atoms with van der Waals surface area (Å²) in [5.41, 5.74) is 0.647. The topological polar surface area (TPSA) is 42.0 Å². The average molecular weight is 192 g/mol. The van der Waals surface area contributed by atoms with Gasteiger partial charge in [0.15, 0.2) is 0 Å². The molecule has 0 aromatic carbocycles. The van der Waals surface area contributed by atoms with Crippen LogP contribution >= 0.6 is 0 Å². The molecule has 3 nitrogen and oxygen atoms in total. The molecule has 0 radical (unpaired) electrons. The number of hydrogen-bond donors (Lipinski definition) is 1. The minimum atomic E-state index is -0.471. The maximum absolute atomic E-state index is 11.4. The van der Waals surface area contributed by atoms with Gasteiger partial charge in [-0.1, -0.05) is 0 Å². The molecule has 0 unspecified atom stereocenters. The molecule has 0 fully saturated rings. The summed E-state index contributed by atoms with van der Waals surface area (Å²) in [6.45, 7) is 3.52. The third kappa shape index (κ3) is 2.39. The molecular weight excluding hydrogens is 176 g/mol. The highest BCUT2D eigenvalue weighted by Gasteiger charge is 2.27. The van der Waals surface area contributed by atoms with Gasteiger partial charge in [-0.2, -0.15) is 0 Å². The normalized spacial score (nSPS) is 14.8. The maximum Gasteiger partial charge on any atom is 0.149 e. The van der Waals surface area contributed by atoms with Crippen molar-refractivity contribution in [1.29, 1.82) is 0 Å². The highest BCUT2D eigenvalue weighted by atomic mass is 16.1. The van der Waals surface area contributed by atoms with Crippen LogP contribution in [0, 0.1) is 0 Å². The van der Waals surface area contributed by atoms with Crippen molar-refractivity contribution >= 4 is 5.78 Å². The van der Waals surface area contributed by atoms with Crippen molar-refractivity contribution in [2.75, 3.05) is 7.05 Å². The lowest BCUT2D eigenvalue weighted by Gasteiger charge is -2.26. The predicted molar refractivity (Wildman–Crippen MR) is 56.1 cm³/mol. The van der Waals surface area contributed by atoms with Crippen LogP contribution in [0.3, 0.4) is 0 Å². The van der Waals surface area contributed by atoms with E-state index in [0.29, 0.717) is 6.42 Å². The number of carbonyl (C=O) groups is 1. The van der Waals surface area contributed by atoms with Crippen molar-refractivity contribution in [3.63, 3.8) is 0 Å². The molecule has 0 amide bonds. The Balaban J connectivity index is 2.81. The van der Waals surface area contributed by atoms with E-state index >= 15 is 0 Å². The quantitative estimate of drug-likeness (QED) is 0.779. The second kappa shape index (κ2) is 4.33. The van der Waals surface area contributed by atoms with Crippen LogP contribution in [0.15, 0.2) is 24.5 Å². The minimum absolute atomic E-state index is 0.150. The number of ketones is 1. The molecule has 0 aliphatic rings. The summed E-state index contributed by atoms with van der Waals surface area (Å²) in [6, 6.07) is 3.86. The molecule has 1 atom stereocenters. The number of rotatable bonds is 4. The number of nitrogens with one attached hydrogen (secondary N) is 1. The zero-order chi connectivity index (χ0) is 10.6. The van der Waals surface area contributed by atoms with Crippen LogP contribution < -0.4 is 5.32 Å². The largest absolute Gasteiger partial charge is 0.308 e. The summed E-state index contributed by atoms with van der Waals surface area (Å²) < 4.78 is 0. The Morgan fingerprint density at radius 3 is 2.50 bits per heavy atom. The van der Waals surface area contributed by atoms with Gasteiger partial charge in [0.2, 0.25) is 0 Å². The Labute approximate surface area is 84.6 Å². The van der Waals surface area contributed by atoms with Gasteiger partial charge >= 0.3 is 0 Å². The van der Waals surface area contributed by atoms with Crippen LogP contribution in [0.2, 0.25) is 0 Å². The van der Waals surface area contributed by atoms with Gasteiger partial charge in [-0.05, 0) is 45.0 Å². The third-order valence-corrected chi connectivity index (χ3v) is 2.64. The second-order valence-corrected chi connectivity index (χ2v) is 3.67. The van der Waals surface area contributed by atoms with Crippen LogP contribution in [0.4, 0.5) is 0 Å². The Hall–Kier alpha value is -1.22. The second-order valence-electron chi connectivity index (χ2n) is 3.67. The first-order chi connectivity index (χ1) is 6.58. The smallest absolute Gasteiger partial charge is 0.149 e. The van der Waals surface area contributed by atoms with Crippen LogP contribution in [-0.2, 0) is 11.2 Å². The van der Waals surface area contributed by atoms with E-state index in [1.165, 1.54) is 0 Å². The lowest BCUT2D eigenvalue weighted by atomic mass is 9.90. The first-order valence-corrected chi connectivity index (χ1v) is 4.67. The van der Waals surface area contributed by atoms with E-state index in [9.17, 15) is 4.79 Å². The Morgan fingerprint density at radius 1 is 1.50 bits per heavy atom. The molecule has 0 saturated carbocycles. The molecule has 1 aromatic rings. The highest BCUT2D eigenvalue weighted by Crippen LogP contribution is 2.13. The fourth-order valence-corrected chi connectivity index (χ4v) is 1.30. The van der Waals surface area contributed by atoms with Crippen LogP contribution in [0.25, 0.3) is 0 Å². The van der Waals surface area contributed by atoms with E-state index in [-0.39, 0.29) is 5.78 Å². The van der Waals surface area contributed by atoms with Gasteiger partial charge in [0, 0.05) is 12.4 Å². The van der Waals surface area contributed by atoms with Crippen molar-refractivity contribution in [2.45, 2.75) is 25.8 Å². The van der Waals surface area contributed by atoms with Gasteiger partial charge in [0.05, 0.1) is 5.54 Å². The maximum atomic E-state index is 11.4. The number of carbonyl (C=O) groups excluding carboxylic acids is 1. The average Bonchev–Trinajstić information content (AvgIpc) is 2.19. The van der Waals surface area contributed by atoms with Gasteiger partial charge in [0.1, 0.15) is 5.78 Å². The van der Waals surface area contributed by atoms with Crippen molar-refractivity contribution in [3.05, 3.63) is 30.1 Å². The molecule has 1 aromatic heterocycles. The standard InChI is InChI=1S/C11H16N2O/c1-9(14)11(2,12-3)8-10-4-6-13-7-5-10/h4-7,12H,8H2,1-3H3/t11-/m1/s1. The van der Waals surface area contributed by atoms with E-state index < -0.39 is 5.54 Å². The number of hydrogen-bond acceptors (Lipinski definition) is 3. The monoisotopic (exact) mass is 192 g/mol. The summed E-state index contributed by atoms with van der Waals surface area (Å²) in [6.07, 6.45) is 4.18. The predicted octanol–water partition coefficient (Wildman–Crippen LogP) is 1.19. The summed E-state index contributed by atoms with van der Waals surface area (Å²) in [5.74, 6) is 0.150. The van der Waals surface area contributed by atoms with Crippen molar-refractivity contribution < 1.29 is 4.79 Å². The number of aromatic nitrogens is 1. The molecule has 0 aliphatic carbocycles. The van der Waals surface area contributed by atoms with E-state index in [1.807, 2.05) is 26.1 Å². The molecule has 1 N–H and O–H groups in total. The third-order valence-electron chi connectivity index (χ3n) is 2.64. The summed E-state index contributed by atoms with van der Waals surface area (Å²) >= 11 is 0.